The number of aryl methyl sites for hydroxylation is 2. The van der Waals surface area contributed by atoms with Crippen molar-refractivity contribution in [2.45, 2.75) is 40.2 Å². The molecule has 8 heteroatoms. The number of aromatic nitrogens is 1. The van der Waals surface area contributed by atoms with Crippen LogP contribution in [-0.4, -0.2) is 57.8 Å². The van der Waals surface area contributed by atoms with Gasteiger partial charge in [0.2, 0.25) is 5.78 Å². The topological polar surface area (TPSA) is 73.7 Å². The second-order valence-corrected chi connectivity index (χ2v) is 8.78. The highest BCUT2D eigenvalue weighted by Gasteiger charge is 2.44. The van der Waals surface area contributed by atoms with Gasteiger partial charge in [-0.1, -0.05) is 26.0 Å². The summed E-state index contributed by atoms with van der Waals surface area (Å²) in [5.74, 6) is -1.92. The van der Waals surface area contributed by atoms with Gasteiger partial charge in [-0.05, 0) is 57.6 Å². The number of thiazole rings is 1. The Balaban J connectivity index is 1.97. The Bertz CT molecular complexity index is 996. The van der Waals surface area contributed by atoms with Crippen molar-refractivity contribution in [1.82, 2.24) is 14.8 Å². The molecule has 0 saturated carbocycles. The lowest BCUT2D eigenvalue weighted by Crippen LogP contribution is -2.34. The van der Waals surface area contributed by atoms with Crippen molar-refractivity contribution in [1.29, 1.82) is 0 Å². The fourth-order valence-corrected chi connectivity index (χ4v) is 4.85. The Morgan fingerprint density at radius 3 is 2.42 bits per heavy atom. The highest BCUT2D eigenvalue weighted by Crippen LogP contribution is 2.40. The third kappa shape index (κ3) is 4.70. The number of nitrogens with zero attached hydrogens (tertiary/aromatic N) is 3. The predicted molar refractivity (Wildman–Crippen MR) is 119 cm³/mol. The van der Waals surface area contributed by atoms with Crippen molar-refractivity contribution in [2.75, 3.05) is 26.2 Å². The van der Waals surface area contributed by atoms with Crippen molar-refractivity contribution in [2.24, 2.45) is 0 Å². The van der Waals surface area contributed by atoms with Gasteiger partial charge in [0.15, 0.2) is 5.76 Å². The van der Waals surface area contributed by atoms with Crippen molar-refractivity contribution < 1.29 is 19.1 Å². The number of carbonyl (C=O) groups excluding carboxylic acids is 2. The van der Waals surface area contributed by atoms with Crippen molar-refractivity contribution in [3.63, 3.8) is 0 Å². The minimum absolute atomic E-state index is 0.0335. The van der Waals surface area contributed by atoms with E-state index in [1.165, 1.54) is 28.4 Å². The monoisotopic (exact) mass is 445 g/mol. The summed E-state index contributed by atoms with van der Waals surface area (Å²) in [4.78, 5) is 34.8. The lowest BCUT2D eigenvalue weighted by atomic mass is 9.95. The molecule has 31 heavy (non-hydrogen) atoms. The molecule has 1 aliphatic rings. The van der Waals surface area contributed by atoms with E-state index in [2.05, 4.69) is 23.7 Å². The summed E-state index contributed by atoms with van der Waals surface area (Å²) in [6.45, 7) is 10.7. The molecule has 0 radical (unpaired) electrons. The molecule has 1 atom stereocenters. The molecule has 1 aromatic heterocycles. The number of aliphatic hydroxyl groups excluding tert-OH is 1. The number of carbonyl (C=O) groups is 2. The van der Waals surface area contributed by atoms with Crippen LogP contribution >= 0.6 is 11.3 Å². The summed E-state index contributed by atoms with van der Waals surface area (Å²) in [7, 11) is 0. The summed E-state index contributed by atoms with van der Waals surface area (Å²) in [6, 6.07) is 4.95. The summed E-state index contributed by atoms with van der Waals surface area (Å²) >= 11 is 1.24. The van der Waals surface area contributed by atoms with Gasteiger partial charge in [0.25, 0.3) is 5.91 Å². The zero-order chi connectivity index (χ0) is 22.7. The summed E-state index contributed by atoms with van der Waals surface area (Å²) in [6.07, 6.45) is 0.693. The van der Waals surface area contributed by atoms with Crippen LogP contribution in [0.15, 0.2) is 35.6 Å². The van der Waals surface area contributed by atoms with E-state index in [-0.39, 0.29) is 5.57 Å². The number of hydrogen-bond acceptors (Lipinski definition) is 6. The van der Waals surface area contributed by atoms with Crippen molar-refractivity contribution >= 4 is 23.0 Å². The molecule has 166 valence electrons. The number of benzene rings is 1. The molecule has 0 unspecified atom stereocenters. The number of amides is 1. The first kappa shape index (κ1) is 23.1. The van der Waals surface area contributed by atoms with E-state index in [1.54, 1.807) is 26.0 Å². The van der Waals surface area contributed by atoms with E-state index in [4.69, 9.17) is 0 Å². The summed E-state index contributed by atoms with van der Waals surface area (Å²) < 4.78 is 13.5. The predicted octanol–water partition coefficient (Wildman–Crippen LogP) is 4.21. The molecule has 1 aromatic carbocycles. The molecule has 0 saturated heterocycles. The molecule has 0 spiro atoms. The number of ketones is 1. The Hall–Kier alpha value is -2.58. The van der Waals surface area contributed by atoms with E-state index in [0.717, 1.165) is 24.6 Å². The average molecular weight is 446 g/mol. The Kier molecular flexibility index (Phi) is 7.23. The largest absolute Gasteiger partial charge is 0.503 e. The van der Waals surface area contributed by atoms with Crippen molar-refractivity contribution in [3.05, 3.63) is 62.6 Å². The van der Waals surface area contributed by atoms with Crippen LogP contribution in [0.25, 0.3) is 0 Å². The van der Waals surface area contributed by atoms with Crippen LogP contribution in [0.1, 0.15) is 52.2 Å². The van der Waals surface area contributed by atoms with Gasteiger partial charge in [-0.25, -0.2) is 9.37 Å². The molecular formula is C23H28FN3O3S. The molecule has 2 heterocycles. The van der Waals surface area contributed by atoms with Gasteiger partial charge < -0.3 is 14.9 Å². The molecule has 1 amide bonds. The molecule has 0 bridgehead atoms. The van der Waals surface area contributed by atoms with Gasteiger partial charge in [-0.2, -0.15) is 0 Å². The van der Waals surface area contributed by atoms with Crippen LogP contribution in [0.3, 0.4) is 0 Å². The van der Waals surface area contributed by atoms with Gasteiger partial charge in [0.05, 0.1) is 27.2 Å². The normalized spacial score (nSPS) is 16.6. The lowest BCUT2D eigenvalue weighted by molar-refractivity contribution is -0.129. The van der Waals surface area contributed by atoms with Gasteiger partial charge >= 0.3 is 0 Å². The van der Waals surface area contributed by atoms with Gasteiger partial charge in [0.1, 0.15) is 5.82 Å². The minimum Gasteiger partial charge on any atom is -0.503 e. The highest BCUT2D eigenvalue weighted by atomic mass is 32.1. The molecule has 0 fully saturated rings. The van der Waals surface area contributed by atoms with E-state index in [9.17, 15) is 19.1 Å². The van der Waals surface area contributed by atoms with Crippen LogP contribution in [-0.2, 0) is 4.79 Å². The van der Waals surface area contributed by atoms with Crippen LogP contribution in [0.5, 0.6) is 0 Å². The van der Waals surface area contributed by atoms with Gasteiger partial charge in [-0.3, -0.25) is 9.59 Å². The maximum atomic E-state index is 13.5. The first-order valence-corrected chi connectivity index (χ1v) is 11.3. The van der Waals surface area contributed by atoms with Gasteiger partial charge in [0, 0.05) is 6.54 Å². The molecule has 1 aliphatic heterocycles. The van der Waals surface area contributed by atoms with Crippen LogP contribution in [0.4, 0.5) is 4.39 Å². The summed E-state index contributed by atoms with van der Waals surface area (Å²) in [5, 5.41) is 11.4. The highest BCUT2D eigenvalue weighted by molar-refractivity contribution is 7.14. The maximum absolute atomic E-state index is 13.5. The third-order valence-corrected chi connectivity index (χ3v) is 6.68. The molecule has 1 N–H and O–H groups in total. The number of rotatable bonds is 9. The SMILES string of the molecule is CCN(CC)CCCN1C(=O)C(O)=C(C(=O)c2sc(C)nc2C)[C@H]1c1ccc(F)cc1. The first-order chi connectivity index (χ1) is 14.8. The fraction of sp³-hybridized carbons (Fsp3) is 0.435. The molecule has 6 nitrogen and oxygen atoms in total. The lowest BCUT2D eigenvalue weighted by Gasteiger charge is -2.28. The van der Waals surface area contributed by atoms with Crippen LogP contribution in [0.2, 0.25) is 0 Å². The second kappa shape index (κ2) is 9.70. The van der Waals surface area contributed by atoms with Gasteiger partial charge in [-0.15, -0.1) is 11.3 Å². The fourth-order valence-electron chi connectivity index (χ4n) is 3.98. The first-order valence-electron chi connectivity index (χ1n) is 10.5. The number of Topliss-reactive ketones (excluding diaryl/α,β-unsaturated/α-hetero) is 1. The Morgan fingerprint density at radius 2 is 1.87 bits per heavy atom. The van der Waals surface area contributed by atoms with E-state index in [1.807, 2.05) is 0 Å². The van der Waals surface area contributed by atoms with E-state index < -0.39 is 29.3 Å². The Morgan fingerprint density at radius 1 is 1.23 bits per heavy atom. The van der Waals surface area contributed by atoms with Crippen LogP contribution in [0, 0.1) is 19.7 Å². The zero-order valence-electron chi connectivity index (χ0n) is 18.3. The molecule has 0 aliphatic carbocycles. The Labute approximate surface area is 186 Å². The van der Waals surface area contributed by atoms with E-state index in [0.29, 0.717) is 29.1 Å². The number of aliphatic hydroxyl groups is 1. The molecular weight excluding hydrogens is 417 g/mol. The molecule has 3 rings (SSSR count). The second-order valence-electron chi connectivity index (χ2n) is 7.57. The van der Waals surface area contributed by atoms with E-state index >= 15 is 0 Å². The number of hydrogen-bond donors (Lipinski definition) is 1. The quantitative estimate of drug-likeness (QED) is 0.586. The maximum Gasteiger partial charge on any atom is 0.290 e. The zero-order valence-corrected chi connectivity index (χ0v) is 19.1. The standard InChI is InChI=1S/C23H28FN3O3S/c1-5-26(6-2)12-7-13-27-19(16-8-10-17(24)11-9-16)18(21(29)23(27)30)20(28)22-14(3)25-15(4)31-22/h8-11,19,29H,5-7,12-13H2,1-4H3/t19-/m1/s1. The average Bonchev–Trinajstić information content (AvgIpc) is 3.21. The minimum atomic E-state index is -0.765. The van der Waals surface area contributed by atoms with Crippen molar-refractivity contribution in [3.8, 4) is 0 Å². The van der Waals surface area contributed by atoms with Crippen LogP contribution < -0.4 is 0 Å². The number of halogens is 1. The smallest absolute Gasteiger partial charge is 0.290 e. The molecule has 2 aromatic rings. The third-order valence-electron chi connectivity index (χ3n) is 5.61. The summed E-state index contributed by atoms with van der Waals surface area (Å²) in [5.41, 5.74) is 1.19.